The van der Waals surface area contributed by atoms with Gasteiger partial charge in [0.1, 0.15) is 5.75 Å². The van der Waals surface area contributed by atoms with Crippen LogP contribution in [-0.4, -0.2) is 43.2 Å². The minimum Gasteiger partial charge on any atom is -0.497 e. The number of aryl methyl sites for hydroxylation is 2. The zero-order valence-corrected chi connectivity index (χ0v) is 34.1. The molecule has 0 bridgehead atoms. The molecule has 2 aromatic heterocycles. The summed E-state index contributed by atoms with van der Waals surface area (Å²) in [5, 5.41) is 4.93. The molecule has 6 aromatic carbocycles. The summed E-state index contributed by atoms with van der Waals surface area (Å²) >= 11 is 0. The average Bonchev–Trinajstić information content (AvgIpc) is 3.29. The first kappa shape index (κ1) is 40.6. The largest absolute Gasteiger partial charge is 0.497 e. The van der Waals surface area contributed by atoms with E-state index < -0.39 is 46.4 Å². The smallest absolute Gasteiger partial charge is 0.345 e. The number of carbonyl (C=O) groups excluding carboxylic acids is 3. The molecule has 310 valence electrons. The molecule has 62 heavy (non-hydrogen) atoms. The summed E-state index contributed by atoms with van der Waals surface area (Å²) in [6.07, 6.45) is -0.330. The van der Waals surface area contributed by atoms with Gasteiger partial charge in [0.25, 0.3) is 17.0 Å². The number of esters is 2. The molecule has 0 saturated carbocycles. The van der Waals surface area contributed by atoms with Crippen molar-refractivity contribution >= 4 is 50.4 Å². The summed E-state index contributed by atoms with van der Waals surface area (Å²) in [5.74, 6) is -1.60. The Labute approximate surface area is 352 Å². The molecule has 8 rings (SSSR count). The van der Waals surface area contributed by atoms with Gasteiger partial charge in [-0.15, -0.1) is 0 Å². The molecule has 14 heteroatoms. The molecule has 8 aromatic rings. The van der Waals surface area contributed by atoms with Gasteiger partial charge < -0.3 is 14.8 Å². The van der Waals surface area contributed by atoms with Crippen molar-refractivity contribution in [3.8, 4) is 11.4 Å². The van der Waals surface area contributed by atoms with Crippen LogP contribution in [0.2, 0.25) is 0 Å². The maximum absolute atomic E-state index is 13.9. The van der Waals surface area contributed by atoms with E-state index in [9.17, 15) is 33.6 Å². The molecule has 0 radical (unpaired) electrons. The molecular formula is C48H39N5O9. The standard InChI is InChI=1S/C48H39N5O9/c1-28(36-11-7-9-31-8-5-6-10-37(31)36)52-44(56)39-26-33(17-23-41(39)50(2)47(52)59)46(58)62-42(54)24-29-12-18-34(19-13-29)53-45(57)38-25-32(16-22-40(38)51(3)48(53)60)43(55)49-27-30-14-20-35(61-4)21-15-30/h5-23,25-26,28H,24,27H2,1-4H3,(H,49,55). The van der Waals surface area contributed by atoms with E-state index in [4.69, 9.17) is 9.47 Å². The van der Waals surface area contributed by atoms with Gasteiger partial charge in [-0.3, -0.25) is 32.9 Å². The molecule has 0 saturated heterocycles. The summed E-state index contributed by atoms with van der Waals surface area (Å²) < 4.78 is 15.1. The number of hydrogen-bond acceptors (Lipinski definition) is 9. The van der Waals surface area contributed by atoms with Crippen LogP contribution in [0.15, 0.2) is 147 Å². The summed E-state index contributed by atoms with van der Waals surface area (Å²) in [6, 6.07) is 34.6. The minimum absolute atomic E-state index is 0.0642. The van der Waals surface area contributed by atoms with Crippen LogP contribution in [0.1, 0.15) is 50.4 Å². The predicted octanol–water partition coefficient (Wildman–Crippen LogP) is 5.33. The zero-order valence-electron chi connectivity index (χ0n) is 34.1. The topological polar surface area (TPSA) is 170 Å². The predicted molar refractivity (Wildman–Crippen MR) is 234 cm³/mol. The molecule has 1 amide bonds. The van der Waals surface area contributed by atoms with Gasteiger partial charge in [-0.1, -0.05) is 66.7 Å². The number of aromatic nitrogens is 4. The fourth-order valence-electron chi connectivity index (χ4n) is 7.69. The van der Waals surface area contributed by atoms with Crippen LogP contribution in [-0.2, 0) is 36.6 Å². The van der Waals surface area contributed by atoms with Crippen LogP contribution in [0.25, 0.3) is 38.3 Å². The normalized spacial score (nSPS) is 11.7. The lowest BCUT2D eigenvalue weighted by molar-refractivity contribution is -0.137. The second kappa shape index (κ2) is 16.5. The van der Waals surface area contributed by atoms with Crippen LogP contribution in [0.5, 0.6) is 5.75 Å². The van der Waals surface area contributed by atoms with Crippen LogP contribution in [0.4, 0.5) is 0 Å². The average molecular weight is 830 g/mol. The number of fused-ring (bicyclic) bond motifs is 3. The van der Waals surface area contributed by atoms with Gasteiger partial charge in [0.05, 0.1) is 52.6 Å². The number of rotatable bonds is 10. The maximum atomic E-state index is 13.9. The van der Waals surface area contributed by atoms with Crippen LogP contribution in [0.3, 0.4) is 0 Å². The number of ether oxygens (including phenoxy) is 2. The summed E-state index contributed by atoms with van der Waals surface area (Å²) in [6.45, 7) is 2.01. The Bertz CT molecular complexity index is 3360. The molecular weight excluding hydrogens is 791 g/mol. The Hall–Kier alpha value is -8.13. The van der Waals surface area contributed by atoms with Crippen molar-refractivity contribution in [1.82, 2.24) is 23.6 Å². The molecule has 0 aliphatic heterocycles. The lowest BCUT2D eigenvalue weighted by Crippen LogP contribution is -2.41. The highest BCUT2D eigenvalue weighted by Crippen LogP contribution is 2.26. The first-order chi connectivity index (χ1) is 29.8. The Morgan fingerprint density at radius 1 is 0.645 bits per heavy atom. The number of nitrogens with zero attached hydrogens (tertiary/aromatic N) is 4. The summed E-state index contributed by atoms with van der Waals surface area (Å²) in [7, 11) is 4.63. The van der Waals surface area contributed by atoms with Gasteiger partial charge in [0, 0.05) is 26.2 Å². The Morgan fingerprint density at radius 2 is 1.26 bits per heavy atom. The van der Waals surface area contributed by atoms with Gasteiger partial charge in [-0.25, -0.2) is 19.0 Å². The monoisotopic (exact) mass is 829 g/mol. The van der Waals surface area contributed by atoms with Crippen molar-refractivity contribution < 1.29 is 23.9 Å². The van der Waals surface area contributed by atoms with Crippen LogP contribution >= 0.6 is 0 Å². The molecule has 0 fully saturated rings. The van der Waals surface area contributed by atoms with Gasteiger partial charge in [-0.2, -0.15) is 0 Å². The highest BCUT2D eigenvalue weighted by Gasteiger charge is 2.22. The number of nitrogens with one attached hydrogen (secondary N) is 1. The molecule has 1 atom stereocenters. The van der Waals surface area contributed by atoms with Crippen molar-refractivity contribution in [3.63, 3.8) is 0 Å². The third kappa shape index (κ3) is 7.49. The van der Waals surface area contributed by atoms with E-state index in [0.29, 0.717) is 22.3 Å². The van der Waals surface area contributed by atoms with E-state index in [1.54, 1.807) is 45.3 Å². The van der Waals surface area contributed by atoms with Gasteiger partial charge in [0.15, 0.2) is 0 Å². The van der Waals surface area contributed by atoms with Crippen molar-refractivity contribution in [3.05, 3.63) is 197 Å². The molecule has 1 unspecified atom stereocenters. The van der Waals surface area contributed by atoms with E-state index in [-0.39, 0.29) is 40.6 Å². The molecule has 14 nitrogen and oxygen atoms in total. The van der Waals surface area contributed by atoms with Gasteiger partial charge >= 0.3 is 23.3 Å². The minimum atomic E-state index is -0.990. The lowest BCUT2D eigenvalue weighted by atomic mass is 9.99. The summed E-state index contributed by atoms with van der Waals surface area (Å²) in [5.41, 5.74) is 0.678. The molecule has 2 heterocycles. The lowest BCUT2D eigenvalue weighted by Gasteiger charge is -2.19. The fraction of sp³-hybridized carbons (Fsp3) is 0.146. The van der Waals surface area contributed by atoms with E-state index >= 15 is 0 Å². The van der Waals surface area contributed by atoms with Gasteiger partial charge in [0.2, 0.25) is 0 Å². The van der Waals surface area contributed by atoms with Crippen LogP contribution < -0.4 is 32.6 Å². The third-order valence-electron chi connectivity index (χ3n) is 11.1. The van der Waals surface area contributed by atoms with E-state index in [1.807, 2.05) is 54.6 Å². The van der Waals surface area contributed by atoms with Crippen molar-refractivity contribution in [2.45, 2.75) is 25.9 Å². The zero-order chi connectivity index (χ0) is 43.8. The van der Waals surface area contributed by atoms with Crippen molar-refractivity contribution in [2.75, 3.05) is 7.11 Å². The second-order valence-corrected chi connectivity index (χ2v) is 14.8. The molecule has 0 spiro atoms. The number of benzene rings is 6. The van der Waals surface area contributed by atoms with Crippen molar-refractivity contribution in [2.24, 2.45) is 14.1 Å². The van der Waals surface area contributed by atoms with E-state index in [1.165, 1.54) is 64.7 Å². The quantitative estimate of drug-likeness (QED) is 0.142. The number of amides is 1. The third-order valence-corrected chi connectivity index (χ3v) is 11.1. The first-order valence-corrected chi connectivity index (χ1v) is 19.6. The Morgan fingerprint density at radius 3 is 1.97 bits per heavy atom. The van der Waals surface area contributed by atoms with E-state index in [2.05, 4.69) is 5.32 Å². The van der Waals surface area contributed by atoms with Gasteiger partial charge in [-0.05, 0) is 95.1 Å². The number of carbonyl (C=O) groups is 3. The molecule has 0 aliphatic rings. The molecule has 0 aliphatic carbocycles. The van der Waals surface area contributed by atoms with Crippen molar-refractivity contribution in [1.29, 1.82) is 0 Å². The highest BCUT2D eigenvalue weighted by atomic mass is 16.6. The number of methoxy groups -OCH3 is 1. The molecule has 1 N–H and O–H groups in total. The Kier molecular flexibility index (Phi) is 10.8. The SMILES string of the molecule is COc1ccc(CNC(=O)c2ccc3c(c2)c(=O)n(-c2ccc(CC(=O)OC(=O)c4ccc5c(c4)c(=O)n(C(C)c4cccc6ccccc46)c(=O)n5C)cc2)c(=O)n3C)cc1. The fourth-order valence-corrected chi connectivity index (χ4v) is 7.69. The number of hydrogen-bond donors (Lipinski definition) is 1. The Balaban J connectivity index is 0.989. The highest BCUT2D eigenvalue weighted by molar-refractivity contribution is 6.00. The van der Waals surface area contributed by atoms with E-state index in [0.717, 1.165) is 31.0 Å². The second-order valence-electron chi connectivity index (χ2n) is 14.8. The van der Waals surface area contributed by atoms with Crippen LogP contribution in [0, 0.1) is 0 Å². The maximum Gasteiger partial charge on any atom is 0.345 e. The summed E-state index contributed by atoms with van der Waals surface area (Å²) in [4.78, 5) is 94.1. The first-order valence-electron chi connectivity index (χ1n) is 19.6.